The summed E-state index contributed by atoms with van der Waals surface area (Å²) >= 11 is 0. The molecule has 0 unspecified atom stereocenters. The van der Waals surface area contributed by atoms with Gasteiger partial charge in [0.2, 0.25) is 0 Å². The third kappa shape index (κ3) is 4.67. The maximum atomic E-state index is 12.2. The fraction of sp³-hybridized carbons (Fsp3) is 0.154. The molecule has 154 valence electrons. The maximum absolute atomic E-state index is 12.2. The first kappa shape index (κ1) is 20.4. The van der Waals surface area contributed by atoms with Crippen molar-refractivity contribution in [3.8, 4) is 11.3 Å². The van der Waals surface area contributed by atoms with Crippen LogP contribution in [0.1, 0.15) is 33.0 Å². The lowest BCUT2D eigenvalue weighted by Crippen LogP contribution is -2.21. The monoisotopic (exact) mass is 408 g/mol. The van der Waals surface area contributed by atoms with E-state index < -0.39 is 0 Å². The SMILES string of the molecule is CN(C)C(=O)c1ccc(-c2ncccc2CC(c2cccnc2)c2cccnc2)cc1. The summed E-state index contributed by atoms with van der Waals surface area (Å²) in [6, 6.07) is 19.8. The molecule has 5 nitrogen and oxygen atoms in total. The van der Waals surface area contributed by atoms with E-state index in [0.29, 0.717) is 5.56 Å². The van der Waals surface area contributed by atoms with Crippen LogP contribution in [0.4, 0.5) is 0 Å². The molecule has 0 radical (unpaired) electrons. The quantitative estimate of drug-likeness (QED) is 0.467. The van der Waals surface area contributed by atoms with Crippen molar-refractivity contribution in [3.63, 3.8) is 0 Å². The van der Waals surface area contributed by atoms with E-state index in [-0.39, 0.29) is 11.8 Å². The van der Waals surface area contributed by atoms with Gasteiger partial charge in [-0.2, -0.15) is 0 Å². The predicted molar refractivity (Wildman–Crippen MR) is 122 cm³/mol. The molecule has 3 aromatic heterocycles. The van der Waals surface area contributed by atoms with Crippen LogP contribution in [0.15, 0.2) is 91.6 Å². The predicted octanol–water partition coefficient (Wildman–Crippen LogP) is 4.62. The van der Waals surface area contributed by atoms with Crippen molar-refractivity contribution in [3.05, 3.63) is 114 Å². The molecular weight excluding hydrogens is 384 g/mol. The van der Waals surface area contributed by atoms with E-state index in [4.69, 9.17) is 0 Å². The fourth-order valence-corrected chi connectivity index (χ4v) is 3.70. The molecule has 0 bridgehead atoms. The fourth-order valence-electron chi connectivity index (χ4n) is 3.70. The number of rotatable bonds is 6. The number of carbonyl (C=O) groups is 1. The van der Waals surface area contributed by atoms with Crippen molar-refractivity contribution >= 4 is 5.91 Å². The summed E-state index contributed by atoms with van der Waals surface area (Å²) in [6.07, 6.45) is 9.97. The molecule has 31 heavy (non-hydrogen) atoms. The number of hydrogen-bond donors (Lipinski definition) is 0. The van der Waals surface area contributed by atoms with Gasteiger partial charge in [0.15, 0.2) is 0 Å². The van der Waals surface area contributed by atoms with Gasteiger partial charge >= 0.3 is 0 Å². The molecule has 0 spiro atoms. The Bertz CT molecular complexity index is 1100. The standard InChI is InChI=1S/C26H24N4O/c1-30(2)26(31)20-11-9-19(10-12-20)25-21(6-5-15-29-25)16-24(22-7-3-13-27-17-22)23-8-4-14-28-18-23/h3-15,17-18,24H,16H2,1-2H3. The van der Waals surface area contributed by atoms with Crippen molar-refractivity contribution in [1.82, 2.24) is 19.9 Å². The van der Waals surface area contributed by atoms with Crippen LogP contribution < -0.4 is 0 Å². The summed E-state index contributed by atoms with van der Waals surface area (Å²) in [5, 5.41) is 0. The van der Waals surface area contributed by atoms with Gasteiger partial charge in [0.1, 0.15) is 0 Å². The number of amides is 1. The summed E-state index contributed by atoms with van der Waals surface area (Å²) in [6.45, 7) is 0. The van der Waals surface area contributed by atoms with Gasteiger partial charge in [0, 0.05) is 62.1 Å². The number of carbonyl (C=O) groups excluding carboxylic acids is 1. The van der Waals surface area contributed by atoms with Gasteiger partial charge in [-0.15, -0.1) is 0 Å². The topological polar surface area (TPSA) is 59.0 Å². The van der Waals surface area contributed by atoms with Gasteiger partial charge in [-0.3, -0.25) is 19.7 Å². The van der Waals surface area contributed by atoms with E-state index in [0.717, 1.165) is 34.4 Å². The summed E-state index contributed by atoms with van der Waals surface area (Å²) in [7, 11) is 3.51. The largest absolute Gasteiger partial charge is 0.345 e. The number of pyridine rings is 3. The summed E-state index contributed by atoms with van der Waals surface area (Å²) in [5.74, 6) is 0.0981. The van der Waals surface area contributed by atoms with Crippen LogP contribution >= 0.6 is 0 Å². The molecular formula is C26H24N4O. The maximum Gasteiger partial charge on any atom is 0.253 e. The van der Waals surface area contributed by atoms with E-state index in [9.17, 15) is 4.79 Å². The molecule has 4 aromatic rings. The summed E-state index contributed by atoms with van der Waals surface area (Å²) in [4.78, 5) is 27.1. The zero-order valence-corrected chi connectivity index (χ0v) is 17.6. The zero-order chi connectivity index (χ0) is 21.6. The Morgan fingerprint density at radius 2 is 1.45 bits per heavy atom. The second kappa shape index (κ2) is 9.30. The molecule has 3 heterocycles. The third-order valence-corrected chi connectivity index (χ3v) is 5.30. The van der Waals surface area contributed by atoms with Crippen molar-refractivity contribution in [2.45, 2.75) is 12.3 Å². The normalized spacial score (nSPS) is 10.8. The number of hydrogen-bond acceptors (Lipinski definition) is 4. The first-order valence-electron chi connectivity index (χ1n) is 10.2. The highest BCUT2D eigenvalue weighted by atomic mass is 16.2. The van der Waals surface area contributed by atoms with Crippen LogP contribution in [0.2, 0.25) is 0 Å². The molecule has 0 aliphatic carbocycles. The minimum absolute atomic E-state index is 0.0130. The first-order valence-corrected chi connectivity index (χ1v) is 10.2. The molecule has 0 fully saturated rings. The Morgan fingerprint density at radius 1 is 0.839 bits per heavy atom. The number of aromatic nitrogens is 3. The molecule has 0 N–H and O–H groups in total. The molecule has 1 aromatic carbocycles. The van der Waals surface area contributed by atoms with Crippen molar-refractivity contribution < 1.29 is 4.79 Å². The van der Waals surface area contributed by atoms with E-state index in [2.05, 4.69) is 33.2 Å². The average molecular weight is 409 g/mol. The summed E-state index contributed by atoms with van der Waals surface area (Å²) < 4.78 is 0. The van der Waals surface area contributed by atoms with Gasteiger partial charge in [-0.1, -0.05) is 30.3 Å². The van der Waals surface area contributed by atoms with Crippen LogP contribution in [-0.4, -0.2) is 39.9 Å². The molecule has 0 saturated heterocycles. The Morgan fingerprint density at radius 3 is 2.00 bits per heavy atom. The lowest BCUT2D eigenvalue weighted by Gasteiger charge is -2.19. The van der Waals surface area contributed by atoms with Crippen molar-refractivity contribution in [2.75, 3.05) is 14.1 Å². The highest BCUT2D eigenvalue weighted by Gasteiger charge is 2.18. The molecule has 5 heteroatoms. The molecule has 0 aliphatic rings. The van der Waals surface area contributed by atoms with E-state index in [1.807, 2.05) is 54.9 Å². The lowest BCUT2D eigenvalue weighted by atomic mass is 9.86. The Hall–Kier alpha value is -3.86. The van der Waals surface area contributed by atoms with Crippen LogP contribution in [-0.2, 0) is 6.42 Å². The van der Waals surface area contributed by atoms with Gasteiger partial charge in [0.05, 0.1) is 5.69 Å². The Balaban J connectivity index is 1.70. The zero-order valence-electron chi connectivity index (χ0n) is 17.6. The van der Waals surface area contributed by atoms with E-state index in [1.54, 1.807) is 37.6 Å². The third-order valence-electron chi connectivity index (χ3n) is 5.30. The minimum atomic E-state index is -0.0130. The highest BCUT2D eigenvalue weighted by molar-refractivity contribution is 5.94. The molecule has 0 saturated carbocycles. The lowest BCUT2D eigenvalue weighted by molar-refractivity contribution is 0.0827. The highest BCUT2D eigenvalue weighted by Crippen LogP contribution is 2.31. The van der Waals surface area contributed by atoms with Crippen LogP contribution in [0.25, 0.3) is 11.3 Å². The van der Waals surface area contributed by atoms with Crippen molar-refractivity contribution in [1.29, 1.82) is 0 Å². The van der Waals surface area contributed by atoms with Crippen LogP contribution in [0.3, 0.4) is 0 Å². The number of benzene rings is 1. The van der Waals surface area contributed by atoms with E-state index in [1.165, 1.54) is 0 Å². The number of nitrogens with zero attached hydrogens (tertiary/aromatic N) is 4. The second-order valence-electron chi connectivity index (χ2n) is 7.62. The van der Waals surface area contributed by atoms with E-state index >= 15 is 0 Å². The first-order chi connectivity index (χ1) is 15.1. The summed E-state index contributed by atoms with van der Waals surface area (Å²) in [5.41, 5.74) is 5.97. The van der Waals surface area contributed by atoms with Gasteiger partial charge in [0.25, 0.3) is 5.91 Å². The second-order valence-corrected chi connectivity index (χ2v) is 7.62. The van der Waals surface area contributed by atoms with Gasteiger partial charge in [-0.05, 0) is 53.4 Å². The Kier molecular flexibility index (Phi) is 6.13. The van der Waals surface area contributed by atoms with Crippen molar-refractivity contribution in [2.24, 2.45) is 0 Å². The Labute approximate surface area is 182 Å². The van der Waals surface area contributed by atoms with Gasteiger partial charge < -0.3 is 4.90 Å². The minimum Gasteiger partial charge on any atom is -0.345 e. The smallest absolute Gasteiger partial charge is 0.253 e. The van der Waals surface area contributed by atoms with Crippen LogP contribution in [0.5, 0.6) is 0 Å². The molecule has 0 atom stereocenters. The van der Waals surface area contributed by atoms with Crippen LogP contribution in [0, 0.1) is 0 Å². The molecule has 1 amide bonds. The molecule has 4 rings (SSSR count). The van der Waals surface area contributed by atoms with Gasteiger partial charge in [-0.25, -0.2) is 0 Å². The average Bonchev–Trinajstić information content (AvgIpc) is 2.83. The molecule has 0 aliphatic heterocycles.